The second-order valence-corrected chi connectivity index (χ2v) is 10.0. The molecule has 3 heterocycles. The van der Waals surface area contributed by atoms with E-state index in [1.807, 2.05) is 42.2 Å². The van der Waals surface area contributed by atoms with Gasteiger partial charge in [-0.05, 0) is 73.6 Å². The standard InChI is InChI=1S/C28H32N4O4/c1-19-5-7-21(15-25(19)30-27(34)31(2)17-23-4-3-13-35-23)26(33)32-11-9-28(10-12-32)24-8-6-20(16-29)14-22(24)18-36-28/h5-8,14-15,23H,3-4,9-13,17-18H2,1-2H3,(H,30,34). The van der Waals surface area contributed by atoms with Gasteiger partial charge in [-0.15, -0.1) is 0 Å². The number of fused-ring (bicyclic) bond motifs is 2. The lowest BCUT2D eigenvalue weighted by Gasteiger charge is -2.39. The van der Waals surface area contributed by atoms with Crippen LogP contribution in [0, 0.1) is 18.3 Å². The zero-order valence-corrected chi connectivity index (χ0v) is 20.9. The summed E-state index contributed by atoms with van der Waals surface area (Å²) in [7, 11) is 1.76. The Labute approximate surface area is 211 Å². The molecule has 2 saturated heterocycles. The quantitative estimate of drug-likeness (QED) is 0.697. The Kier molecular flexibility index (Phi) is 6.69. The highest BCUT2D eigenvalue weighted by Crippen LogP contribution is 2.44. The molecule has 1 spiro atoms. The van der Waals surface area contributed by atoms with Gasteiger partial charge >= 0.3 is 6.03 Å². The van der Waals surface area contributed by atoms with Gasteiger partial charge in [0.25, 0.3) is 5.91 Å². The van der Waals surface area contributed by atoms with Crippen molar-refractivity contribution in [3.05, 3.63) is 64.2 Å². The topological polar surface area (TPSA) is 94.9 Å². The monoisotopic (exact) mass is 488 g/mol. The number of likely N-dealkylation sites (N-methyl/N-ethyl adjacent to an activating group) is 1. The molecule has 2 aromatic carbocycles. The first-order chi connectivity index (χ1) is 17.4. The molecule has 0 aliphatic carbocycles. The molecule has 2 aromatic rings. The number of benzene rings is 2. The zero-order chi connectivity index (χ0) is 25.3. The van der Waals surface area contributed by atoms with Crippen LogP contribution in [0.4, 0.5) is 10.5 Å². The van der Waals surface area contributed by atoms with E-state index in [4.69, 9.17) is 9.47 Å². The number of nitrogens with zero attached hydrogens (tertiary/aromatic N) is 3. The summed E-state index contributed by atoms with van der Waals surface area (Å²) >= 11 is 0. The average molecular weight is 489 g/mol. The fourth-order valence-electron chi connectivity index (χ4n) is 5.47. The predicted octanol–water partition coefficient (Wildman–Crippen LogP) is 4.17. The van der Waals surface area contributed by atoms with Crippen LogP contribution in [0.15, 0.2) is 36.4 Å². The van der Waals surface area contributed by atoms with Crippen molar-refractivity contribution in [2.24, 2.45) is 0 Å². The Hall–Kier alpha value is -3.41. The minimum Gasteiger partial charge on any atom is -0.376 e. The molecule has 1 unspecified atom stereocenters. The number of hydrogen-bond acceptors (Lipinski definition) is 5. The van der Waals surface area contributed by atoms with Crippen LogP contribution in [0.1, 0.15) is 58.3 Å². The number of ether oxygens (including phenoxy) is 2. The van der Waals surface area contributed by atoms with Gasteiger partial charge in [-0.1, -0.05) is 12.1 Å². The third-order valence-electron chi connectivity index (χ3n) is 7.66. The van der Waals surface area contributed by atoms with Gasteiger partial charge in [0, 0.05) is 44.5 Å². The first-order valence-corrected chi connectivity index (χ1v) is 12.6. The van der Waals surface area contributed by atoms with Gasteiger partial charge in [0.1, 0.15) is 0 Å². The molecule has 0 radical (unpaired) electrons. The summed E-state index contributed by atoms with van der Waals surface area (Å²) in [5.74, 6) is -0.0499. The largest absolute Gasteiger partial charge is 0.376 e. The summed E-state index contributed by atoms with van der Waals surface area (Å²) in [5, 5.41) is 12.1. The summed E-state index contributed by atoms with van der Waals surface area (Å²) in [5.41, 5.74) is 4.55. The molecule has 0 aromatic heterocycles. The van der Waals surface area contributed by atoms with Crippen LogP contribution in [0.3, 0.4) is 0 Å². The van der Waals surface area contributed by atoms with E-state index in [-0.39, 0.29) is 23.6 Å². The van der Waals surface area contributed by atoms with E-state index in [0.717, 1.165) is 36.1 Å². The Morgan fingerprint density at radius 2 is 2.03 bits per heavy atom. The lowest BCUT2D eigenvalue weighted by Crippen LogP contribution is -2.45. The van der Waals surface area contributed by atoms with Crippen molar-refractivity contribution in [1.82, 2.24) is 9.80 Å². The van der Waals surface area contributed by atoms with Crippen molar-refractivity contribution < 1.29 is 19.1 Å². The number of nitriles is 1. The normalized spacial score (nSPS) is 20.1. The van der Waals surface area contributed by atoms with Crippen LogP contribution in [-0.4, -0.2) is 61.1 Å². The Balaban J connectivity index is 1.23. The van der Waals surface area contributed by atoms with Gasteiger partial charge in [0.2, 0.25) is 0 Å². The molecule has 1 atom stereocenters. The molecule has 3 aliphatic rings. The van der Waals surface area contributed by atoms with Crippen molar-refractivity contribution in [1.29, 1.82) is 5.26 Å². The summed E-state index contributed by atoms with van der Waals surface area (Å²) in [6, 6.07) is 13.2. The van der Waals surface area contributed by atoms with Crippen molar-refractivity contribution in [3.63, 3.8) is 0 Å². The fourth-order valence-corrected chi connectivity index (χ4v) is 5.47. The summed E-state index contributed by atoms with van der Waals surface area (Å²) < 4.78 is 11.9. The van der Waals surface area contributed by atoms with Gasteiger partial charge < -0.3 is 24.6 Å². The van der Waals surface area contributed by atoms with Gasteiger partial charge in [0.15, 0.2) is 0 Å². The molecule has 3 aliphatic heterocycles. The van der Waals surface area contributed by atoms with E-state index in [0.29, 0.717) is 55.9 Å². The molecular formula is C28H32N4O4. The van der Waals surface area contributed by atoms with Crippen LogP contribution in [0.25, 0.3) is 0 Å². The van der Waals surface area contributed by atoms with Crippen molar-refractivity contribution in [3.8, 4) is 6.07 Å². The second-order valence-electron chi connectivity index (χ2n) is 10.0. The van der Waals surface area contributed by atoms with Gasteiger partial charge in [-0.3, -0.25) is 4.79 Å². The molecule has 0 saturated carbocycles. The van der Waals surface area contributed by atoms with Crippen molar-refractivity contribution >= 4 is 17.6 Å². The Bertz CT molecular complexity index is 1210. The smallest absolute Gasteiger partial charge is 0.321 e. The molecule has 8 heteroatoms. The highest BCUT2D eigenvalue weighted by Gasteiger charge is 2.43. The summed E-state index contributed by atoms with van der Waals surface area (Å²) in [6.45, 7) is 4.88. The number of nitrogens with one attached hydrogen (secondary N) is 1. The van der Waals surface area contributed by atoms with Gasteiger partial charge in [0.05, 0.1) is 29.9 Å². The van der Waals surface area contributed by atoms with Crippen molar-refractivity contribution in [2.45, 2.75) is 50.9 Å². The van der Waals surface area contributed by atoms with Crippen LogP contribution >= 0.6 is 0 Å². The molecule has 8 nitrogen and oxygen atoms in total. The van der Waals surface area contributed by atoms with Crippen LogP contribution < -0.4 is 5.32 Å². The second kappa shape index (κ2) is 9.92. The maximum absolute atomic E-state index is 13.4. The summed E-state index contributed by atoms with van der Waals surface area (Å²) in [6.07, 6.45) is 3.50. The van der Waals surface area contributed by atoms with Crippen LogP contribution in [-0.2, 0) is 21.7 Å². The fraction of sp³-hybridized carbons (Fsp3) is 0.464. The highest BCUT2D eigenvalue weighted by molar-refractivity contribution is 5.97. The highest BCUT2D eigenvalue weighted by atomic mass is 16.5. The number of amides is 3. The minimum atomic E-state index is -0.389. The SMILES string of the molecule is Cc1ccc(C(=O)N2CCC3(CC2)OCc2cc(C#N)ccc23)cc1NC(=O)N(C)CC1CCCO1. The lowest BCUT2D eigenvalue weighted by atomic mass is 9.83. The number of carbonyl (C=O) groups excluding carboxylic acids is 2. The third-order valence-corrected chi connectivity index (χ3v) is 7.66. The molecule has 36 heavy (non-hydrogen) atoms. The van der Waals surface area contributed by atoms with E-state index in [2.05, 4.69) is 11.4 Å². The van der Waals surface area contributed by atoms with Crippen molar-refractivity contribution in [2.75, 3.05) is 38.6 Å². The van der Waals surface area contributed by atoms with E-state index in [9.17, 15) is 14.9 Å². The number of anilines is 1. The molecule has 0 bridgehead atoms. The van der Waals surface area contributed by atoms with Crippen LogP contribution in [0.2, 0.25) is 0 Å². The van der Waals surface area contributed by atoms with Crippen LogP contribution in [0.5, 0.6) is 0 Å². The first-order valence-electron chi connectivity index (χ1n) is 12.6. The lowest BCUT2D eigenvalue weighted by molar-refractivity contribution is -0.0741. The average Bonchev–Trinajstić information content (AvgIpc) is 3.53. The number of piperidine rings is 1. The number of hydrogen-bond donors (Lipinski definition) is 1. The van der Waals surface area contributed by atoms with Gasteiger partial charge in [-0.25, -0.2) is 4.79 Å². The zero-order valence-electron chi connectivity index (χ0n) is 20.9. The maximum Gasteiger partial charge on any atom is 0.321 e. The predicted molar refractivity (Wildman–Crippen MR) is 135 cm³/mol. The number of aryl methyl sites for hydroxylation is 1. The molecular weight excluding hydrogens is 456 g/mol. The summed E-state index contributed by atoms with van der Waals surface area (Å²) in [4.78, 5) is 29.6. The minimum absolute atomic E-state index is 0.0499. The Morgan fingerprint density at radius 3 is 2.75 bits per heavy atom. The van der Waals surface area contributed by atoms with E-state index >= 15 is 0 Å². The van der Waals surface area contributed by atoms with E-state index in [1.54, 1.807) is 18.0 Å². The molecule has 188 valence electrons. The molecule has 1 N–H and O–H groups in total. The first kappa shape index (κ1) is 24.3. The van der Waals surface area contributed by atoms with Gasteiger partial charge in [-0.2, -0.15) is 5.26 Å². The Morgan fingerprint density at radius 1 is 1.22 bits per heavy atom. The molecule has 5 rings (SSSR count). The number of rotatable bonds is 4. The number of urea groups is 1. The van der Waals surface area contributed by atoms with E-state index < -0.39 is 0 Å². The molecule has 2 fully saturated rings. The molecule has 3 amide bonds. The number of carbonyl (C=O) groups is 2. The number of likely N-dealkylation sites (tertiary alicyclic amines) is 1. The maximum atomic E-state index is 13.4. The third kappa shape index (κ3) is 4.69. The van der Waals surface area contributed by atoms with E-state index in [1.165, 1.54) is 0 Å².